The van der Waals surface area contributed by atoms with E-state index in [-0.39, 0.29) is 5.91 Å². The van der Waals surface area contributed by atoms with Crippen molar-refractivity contribution in [3.05, 3.63) is 90.1 Å². The summed E-state index contributed by atoms with van der Waals surface area (Å²) in [6, 6.07) is 6.35. The van der Waals surface area contributed by atoms with Crippen molar-refractivity contribution in [1.29, 1.82) is 0 Å². The minimum absolute atomic E-state index is 0.113. The molecular weight excluding hydrogens is 414 g/mol. The van der Waals surface area contributed by atoms with Gasteiger partial charge in [-0.05, 0) is 67.9 Å². The summed E-state index contributed by atoms with van der Waals surface area (Å²) in [4.78, 5) is 12.6. The zero-order chi connectivity index (χ0) is 25.0. The quantitative estimate of drug-likeness (QED) is 0.193. The monoisotopic (exact) mass is 461 g/mol. The van der Waals surface area contributed by atoms with E-state index in [0.717, 1.165) is 50.6 Å². The number of benzene rings is 1. The predicted octanol–water partition coefficient (Wildman–Crippen LogP) is 9.79. The summed E-state index contributed by atoms with van der Waals surface area (Å²) in [5.74, 6) is 0.882. The fourth-order valence-electron chi connectivity index (χ4n) is 3.65. The predicted molar refractivity (Wildman–Crippen MR) is 152 cm³/mol. The molecule has 0 spiro atoms. The van der Waals surface area contributed by atoms with Crippen molar-refractivity contribution in [2.24, 2.45) is 0 Å². The molecule has 1 aromatic rings. The second-order valence-electron chi connectivity index (χ2n) is 9.27. The maximum atomic E-state index is 12.6. The molecule has 0 bridgehead atoms. The van der Waals surface area contributed by atoms with Gasteiger partial charge in [-0.3, -0.25) is 4.79 Å². The first-order chi connectivity index (χ1) is 16.5. The van der Waals surface area contributed by atoms with Gasteiger partial charge in [-0.15, -0.1) is 0 Å². The van der Waals surface area contributed by atoms with Crippen LogP contribution in [0.3, 0.4) is 0 Å². The molecule has 0 atom stereocenters. The zero-order valence-electron chi connectivity index (χ0n) is 22.2. The number of hydrogen-bond donors (Lipinski definition) is 1. The Kier molecular flexibility index (Phi) is 16.2. The third-order valence-electron chi connectivity index (χ3n) is 5.57. The van der Waals surface area contributed by atoms with Gasteiger partial charge in [0.15, 0.2) is 0 Å². The molecule has 186 valence electrons. The van der Waals surface area contributed by atoms with Gasteiger partial charge in [0.2, 0.25) is 5.91 Å². The Morgan fingerprint density at radius 2 is 1.18 bits per heavy atom. The van der Waals surface area contributed by atoms with Crippen LogP contribution in [0, 0.1) is 0 Å². The molecule has 2 nitrogen and oxygen atoms in total. The molecule has 0 heterocycles. The van der Waals surface area contributed by atoms with Crippen LogP contribution in [0.5, 0.6) is 0 Å². The van der Waals surface area contributed by atoms with Crippen LogP contribution in [0.2, 0.25) is 0 Å². The largest absolute Gasteiger partial charge is 0.326 e. The lowest BCUT2D eigenvalue weighted by atomic mass is 9.92. The molecule has 0 aliphatic rings. The minimum Gasteiger partial charge on any atom is -0.326 e. The van der Waals surface area contributed by atoms with E-state index in [4.69, 9.17) is 0 Å². The van der Waals surface area contributed by atoms with Crippen LogP contribution < -0.4 is 5.32 Å². The van der Waals surface area contributed by atoms with Crippen molar-refractivity contribution in [3.8, 4) is 0 Å². The molecule has 1 amide bonds. The number of hydrogen-bond acceptors (Lipinski definition) is 1. The first-order valence-corrected chi connectivity index (χ1v) is 13.1. The van der Waals surface area contributed by atoms with Gasteiger partial charge in [0.25, 0.3) is 0 Å². The zero-order valence-corrected chi connectivity index (χ0v) is 22.2. The molecule has 0 aromatic heterocycles. The topological polar surface area (TPSA) is 29.1 Å². The summed E-state index contributed by atoms with van der Waals surface area (Å²) < 4.78 is 0. The van der Waals surface area contributed by atoms with Gasteiger partial charge in [0.05, 0.1) is 0 Å². The first-order valence-electron chi connectivity index (χ1n) is 13.1. The highest BCUT2D eigenvalue weighted by atomic mass is 16.1. The number of allylic oxidation sites excluding steroid dienone is 10. The average molecular weight is 462 g/mol. The second-order valence-corrected chi connectivity index (χ2v) is 9.27. The Labute approximate surface area is 209 Å². The molecule has 0 aliphatic carbocycles. The van der Waals surface area contributed by atoms with Crippen molar-refractivity contribution in [2.75, 3.05) is 5.32 Å². The van der Waals surface area contributed by atoms with E-state index < -0.39 is 0 Å². The van der Waals surface area contributed by atoms with E-state index in [1.54, 1.807) is 0 Å². The van der Waals surface area contributed by atoms with E-state index in [2.05, 4.69) is 119 Å². The number of unbranched alkanes of at least 4 members (excludes halogenated alkanes) is 1. The van der Waals surface area contributed by atoms with Crippen molar-refractivity contribution in [2.45, 2.75) is 97.8 Å². The molecule has 0 saturated carbocycles. The summed E-state index contributed by atoms with van der Waals surface area (Å²) in [5.41, 5.74) is 3.46. The highest BCUT2D eigenvalue weighted by Crippen LogP contribution is 2.32. The number of rotatable bonds is 16. The van der Waals surface area contributed by atoms with Crippen LogP contribution in [0.1, 0.15) is 109 Å². The van der Waals surface area contributed by atoms with Crippen LogP contribution in [0.25, 0.3) is 0 Å². The Morgan fingerprint density at radius 1 is 0.735 bits per heavy atom. The number of anilines is 1. The fourth-order valence-corrected chi connectivity index (χ4v) is 3.65. The third-order valence-corrected chi connectivity index (χ3v) is 5.57. The lowest BCUT2D eigenvalue weighted by Gasteiger charge is -2.20. The fraction of sp³-hybridized carbons (Fsp3) is 0.469. The van der Waals surface area contributed by atoms with Gasteiger partial charge in [-0.1, -0.05) is 114 Å². The molecule has 0 aliphatic heterocycles. The Bertz CT molecular complexity index is 810. The molecule has 1 rings (SSSR count). The smallest absolute Gasteiger partial charge is 0.224 e. The summed E-state index contributed by atoms with van der Waals surface area (Å²) >= 11 is 0. The number of carbonyl (C=O) groups is 1. The third kappa shape index (κ3) is 13.2. The highest BCUT2D eigenvalue weighted by Gasteiger charge is 2.15. The SMILES string of the molecule is CC/C=C/C/C=C/C/C=C/C/C=C/C/C=C/CCCC(=O)Nc1c(C(C)C)cccc1C(C)C. The minimum atomic E-state index is 0.113. The van der Waals surface area contributed by atoms with E-state index in [1.165, 1.54) is 11.1 Å². The van der Waals surface area contributed by atoms with Crippen LogP contribution in [0.4, 0.5) is 5.69 Å². The Balaban J connectivity index is 2.25. The van der Waals surface area contributed by atoms with E-state index in [0.29, 0.717) is 18.3 Å². The molecule has 0 unspecified atom stereocenters. The summed E-state index contributed by atoms with van der Waals surface area (Å²) in [6.45, 7) is 10.9. The molecule has 34 heavy (non-hydrogen) atoms. The Morgan fingerprint density at radius 3 is 1.62 bits per heavy atom. The lowest BCUT2D eigenvalue weighted by Crippen LogP contribution is -2.15. The molecule has 0 saturated heterocycles. The van der Waals surface area contributed by atoms with E-state index in [1.807, 2.05) is 0 Å². The number of nitrogens with one attached hydrogen (secondary N) is 1. The molecule has 1 N–H and O–H groups in total. The maximum Gasteiger partial charge on any atom is 0.224 e. The van der Waals surface area contributed by atoms with Gasteiger partial charge in [-0.25, -0.2) is 0 Å². The van der Waals surface area contributed by atoms with Crippen molar-refractivity contribution < 1.29 is 4.79 Å². The molecule has 1 aromatic carbocycles. The highest BCUT2D eigenvalue weighted by molar-refractivity contribution is 5.92. The number of amides is 1. The van der Waals surface area contributed by atoms with Gasteiger partial charge in [-0.2, -0.15) is 0 Å². The van der Waals surface area contributed by atoms with Gasteiger partial charge in [0, 0.05) is 12.1 Å². The molecule has 0 radical (unpaired) electrons. The van der Waals surface area contributed by atoms with Gasteiger partial charge >= 0.3 is 0 Å². The molecule has 0 fully saturated rings. The standard InChI is InChI=1S/C32H47NO/c1-6-7-8-9-10-11-12-13-14-15-16-17-18-19-20-21-22-26-31(34)33-32-29(27(2)3)24-23-25-30(32)28(4)5/h7-8,10-11,13-14,16-17,19-20,23-25,27-28H,6,9,12,15,18,21-22,26H2,1-5H3,(H,33,34)/b8-7+,11-10+,14-13+,17-16+,20-19+. The first kappa shape index (κ1) is 29.4. The number of para-hydroxylation sites is 1. The van der Waals surface area contributed by atoms with E-state index in [9.17, 15) is 4.79 Å². The van der Waals surface area contributed by atoms with Gasteiger partial charge < -0.3 is 5.32 Å². The maximum absolute atomic E-state index is 12.6. The average Bonchev–Trinajstić information content (AvgIpc) is 2.80. The second kappa shape index (κ2) is 18.8. The molecule has 2 heteroatoms. The van der Waals surface area contributed by atoms with Crippen molar-refractivity contribution in [1.82, 2.24) is 0 Å². The van der Waals surface area contributed by atoms with Crippen molar-refractivity contribution in [3.63, 3.8) is 0 Å². The van der Waals surface area contributed by atoms with Crippen LogP contribution in [-0.2, 0) is 4.79 Å². The van der Waals surface area contributed by atoms with Gasteiger partial charge in [0.1, 0.15) is 0 Å². The Hall–Kier alpha value is -2.61. The van der Waals surface area contributed by atoms with Crippen molar-refractivity contribution >= 4 is 11.6 Å². The van der Waals surface area contributed by atoms with E-state index >= 15 is 0 Å². The summed E-state index contributed by atoms with van der Waals surface area (Å²) in [5, 5.41) is 3.21. The summed E-state index contributed by atoms with van der Waals surface area (Å²) in [6.07, 6.45) is 29.5. The van der Waals surface area contributed by atoms with Crippen LogP contribution in [0.15, 0.2) is 79.0 Å². The van der Waals surface area contributed by atoms with Crippen LogP contribution >= 0.6 is 0 Å². The summed E-state index contributed by atoms with van der Waals surface area (Å²) in [7, 11) is 0. The lowest BCUT2D eigenvalue weighted by molar-refractivity contribution is -0.116. The normalized spacial score (nSPS) is 12.7. The van der Waals surface area contributed by atoms with Crippen LogP contribution in [-0.4, -0.2) is 5.91 Å². The molecular formula is C32H47NO. The number of carbonyl (C=O) groups excluding carboxylic acids is 1.